The molecule has 0 aromatic carbocycles. The molecule has 0 saturated carbocycles. The second-order valence-corrected chi connectivity index (χ2v) is 5.11. The summed E-state index contributed by atoms with van der Waals surface area (Å²) in [5, 5.41) is 10.8. The number of thiophene rings is 1. The van der Waals surface area contributed by atoms with E-state index < -0.39 is 0 Å². The molecule has 0 fully saturated rings. The van der Waals surface area contributed by atoms with Gasteiger partial charge in [0, 0.05) is 26.3 Å². The first-order valence-electron chi connectivity index (χ1n) is 6.67. The Morgan fingerprint density at radius 1 is 1.25 bits per heavy atom. The predicted molar refractivity (Wildman–Crippen MR) is 83.4 cm³/mol. The molecule has 0 radical (unpaired) electrons. The molecule has 2 N–H and O–H groups in total. The van der Waals surface area contributed by atoms with Crippen LogP contribution in [0.1, 0.15) is 18.3 Å². The second kappa shape index (κ2) is 7.81. The minimum atomic E-state index is 0.415. The highest BCUT2D eigenvalue weighted by molar-refractivity contribution is 7.07. The number of anilines is 2. The first kappa shape index (κ1) is 14.7. The highest BCUT2D eigenvalue weighted by Gasteiger charge is 2.04. The molecule has 6 heteroatoms. The third-order valence-corrected chi connectivity index (χ3v) is 3.44. The highest BCUT2D eigenvalue weighted by Crippen LogP contribution is 2.13. The number of aromatic nitrogens is 2. The number of ether oxygens (including phenoxy) is 1. The van der Waals surface area contributed by atoms with E-state index in [4.69, 9.17) is 4.74 Å². The van der Waals surface area contributed by atoms with Gasteiger partial charge in [0.05, 0.1) is 0 Å². The lowest BCUT2D eigenvalue weighted by Gasteiger charge is -2.10. The Balaban J connectivity index is 1.97. The number of nitrogens with one attached hydrogen (secondary N) is 2. The van der Waals surface area contributed by atoms with Crippen molar-refractivity contribution in [3.05, 3.63) is 34.3 Å². The molecule has 2 aromatic rings. The van der Waals surface area contributed by atoms with Gasteiger partial charge in [0.15, 0.2) is 5.82 Å². The molecule has 0 saturated heterocycles. The van der Waals surface area contributed by atoms with Crippen LogP contribution in [0.15, 0.2) is 22.9 Å². The van der Waals surface area contributed by atoms with Crippen molar-refractivity contribution in [3.63, 3.8) is 0 Å². The maximum atomic E-state index is 5.10. The molecule has 0 aliphatic carbocycles. The van der Waals surface area contributed by atoms with E-state index in [9.17, 15) is 0 Å². The van der Waals surface area contributed by atoms with Gasteiger partial charge in [-0.15, -0.1) is 0 Å². The van der Waals surface area contributed by atoms with Gasteiger partial charge in [-0.05, 0) is 35.7 Å². The van der Waals surface area contributed by atoms with Gasteiger partial charge in [-0.3, -0.25) is 0 Å². The van der Waals surface area contributed by atoms with Crippen molar-refractivity contribution < 1.29 is 4.74 Å². The molecule has 0 bridgehead atoms. The van der Waals surface area contributed by atoms with E-state index in [-0.39, 0.29) is 0 Å². The van der Waals surface area contributed by atoms with E-state index in [0.717, 1.165) is 31.1 Å². The number of hydrogen-bond acceptors (Lipinski definition) is 6. The Bertz CT molecular complexity index is 492. The number of methoxy groups -OCH3 is 1. The van der Waals surface area contributed by atoms with Crippen molar-refractivity contribution in [1.29, 1.82) is 0 Å². The van der Waals surface area contributed by atoms with E-state index in [1.165, 1.54) is 5.56 Å². The minimum absolute atomic E-state index is 0.415. The molecule has 2 heterocycles. The molecule has 108 valence electrons. The molecule has 0 spiro atoms. The van der Waals surface area contributed by atoms with Crippen LogP contribution in [0.5, 0.6) is 0 Å². The van der Waals surface area contributed by atoms with Gasteiger partial charge in [-0.25, -0.2) is 9.97 Å². The molecular formula is C14H20N4OS. The summed E-state index contributed by atoms with van der Waals surface area (Å²) in [4.78, 5) is 8.82. The minimum Gasteiger partial charge on any atom is -0.377 e. The highest BCUT2D eigenvalue weighted by atomic mass is 32.1. The van der Waals surface area contributed by atoms with Crippen LogP contribution in [0.4, 0.5) is 11.6 Å². The van der Waals surface area contributed by atoms with Gasteiger partial charge >= 0.3 is 0 Å². The van der Waals surface area contributed by atoms with Crippen LogP contribution in [-0.4, -0.2) is 30.2 Å². The first-order chi connectivity index (χ1) is 9.81. The van der Waals surface area contributed by atoms with Crippen molar-refractivity contribution >= 4 is 23.0 Å². The quantitative estimate of drug-likeness (QED) is 0.783. The van der Waals surface area contributed by atoms with E-state index in [0.29, 0.717) is 12.4 Å². The molecule has 2 rings (SSSR count). The Kier molecular flexibility index (Phi) is 5.76. The van der Waals surface area contributed by atoms with Crippen molar-refractivity contribution in [2.75, 3.05) is 30.8 Å². The van der Waals surface area contributed by atoms with Crippen molar-refractivity contribution in [1.82, 2.24) is 9.97 Å². The fourth-order valence-corrected chi connectivity index (χ4v) is 2.53. The summed E-state index contributed by atoms with van der Waals surface area (Å²) in [6, 6.07) is 4.07. The molecule has 0 unspecified atom stereocenters. The van der Waals surface area contributed by atoms with Crippen LogP contribution >= 0.6 is 11.3 Å². The smallest absolute Gasteiger partial charge is 0.158 e. The van der Waals surface area contributed by atoms with Crippen LogP contribution in [0.25, 0.3) is 0 Å². The summed E-state index contributed by atoms with van der Waals surface area (Å²) in [6.07, 6.45) is 0.990. The zero-order valence-electron chi connectivity index (χ0n) is 11.8. The van der Waals surface area contributed by atoms with Crippen LogP contribution in [0.3, 0.4) is 0 Å². The molecule has 20 heavy (non-hydrogen) atoms. The number of rotatable bonds is 8. The maximum absolute atomic E-state index is 5.10. The van der Waals surface area contributed by atoms with Crippen LogP contribution < -0.4 is 10.6 Å². The molecule has 0 aliphatic rings. The van der Waals surface area contributed by atoms with Crippen LogP contribution in [0.2, 0.25) is 0 Å². The summed E-state index contributed by atoms with van der Waals surface area (Å²) >= 11 is 1.72. The average Bonchev–Trinajstić information content (AvgIpc) is 2.92. The molecular weight excluding hydrogens is 272 g/mol. The standard InChI is InChI=1S/C14H20N4OS/c1-3-15-12-8-13(18-14(17-12)9-19-2)16-6-4-11-5-7-20-10-11/h5,7-8,10H,3-4,6,9H2,1-2H3,(H2,15,16,17,18). The zero-order chi connectivity index (χ0) is 14.2. The van der Waals surface area contributed by atoms with Gasteiger partial charge in [0.25, 0.3) is 0 Å². The summed E-state index contributed by atoms with van der Waals surface area (Å²) in [5.41, 5.74) is 1.35. The lowest BCUT2D eigenvalue weighted by molar-refractivity contribution is 0.178. The maximum Gasteiger partial charge on any atom is 0.158 e. The monoisotopic (exact) mass is 292 g/mol. The second-order valence-electron chi connectivity index (χ2n) is 4.33. The third kappa shape index (κ3) is 4.47. The topological polar surface area (TPSA) is 59.1 Å². The average molecular weight is 292 g/mol. The van der Waals surface area contributed by atoms with Crippen molar-refractivity contribution in [2.24, 2.45) is 0 Å². The molecule has 0 atom stereocenters. The van der Waals surface area contributed by atoms with Crippen molar-refractivity contribution in [2.45, 2.75) is 20.0 Å². The zero-order valence-corrected chi connectivity index (χ0v) is 12.7. The molecule has 5 nitrogen and oxygen atoms in total. The fraction of sp³-hybridized carbons (Fsp3) is 0.429. The van der Waals surface area contributed by atoms with Gasteiger partial charge < -0.3 is 15.4 Å². The third-order valence-electron chi connectivity index (χ3n) is 2.70. The molecule has 0 amide bonds. The summed E-state index contributed by atoms with van der Waals surface area (Å²) < 4.78 is 5.10. The lowest BCUT2D eigenvalue weighted by Crippen LogP contribution is -2.10. The van der Waals surface area contributed by atoms with Gasteiger partial charge in [-0.2, -0.15) is 11.3 Å². The van der Waals surface area contributed by atoms with E-state index in [1.54, 1.807) is 18.4 Å². The number of nitrogens with zero attached hydrogens (tertiary/aromatic N) is 2. The van der Waals surface area contributed by atoms with Crippen molar-refractivity contribution in [3.8, 4) is 0 Å². The Hall–Kier alpha value is -1.66. The van der Waals surface area contributed by atoms with Crippen LogP contribution in [0, 0.1) is 0 Å². The lowest BCUT2D eigenvalue weighted by atomic mass is 10.2. The Morgan fingerprint density at radius 3 is 2.70 bits per heavy atom. The van der Waals surface area contributed by atoms with E-state index in [2.05, 4.69) is 37.4 Å². The SMILES string of the molecule is CCNc1cc(NCCc2ccsc2)nc(COC)n1. The normalized spacial score (nSPS) is 10.5. The van der Waals surface area contributed by atoms with Gasteiger partial charge in [0.2, 0.25) is 0 Å². The molecule has 2 aromatic heterocycles. The van der Waals surface area contributed by atoms with Gasteiger partial charge in [-0.1, -0.05) is 0 Å². The number of hydrogen-bond donors (Lipinski definition) is 2. The Labute approximate surface area is 123 Å². The Morgan fingerprint density at radius 2 is 2.05 bits per heavy atom. The van der Waals surface area contributed by atoms with E-state index in [1.807, 2.05) is 13.0 Å². The van der Waals surface area contributed by atoms with Crippen LogP contribution in [-0.2, 0) is 17.8 Å². The predicted octanol–water partition coefficient (Wildman–Crippen LogP) is 2.77. The van der Waals surface area contributed by atoms with E-state index >= 15 is 0 Å². The molecule has 0 aliphatic heterocycles. The largest absolute Gasteiger partial charge is 0.377 e. The first-order valence-corrected chi connectivity index (χ1v) is 7.61. The summed E-state index contributed by atoms with van der Waals surface area (Å²) in [5.74, 6) is 2.34. The summed E-state index contributed by atoms with van der Waals surface area (Å²) in [6.45, 7) is 4.14. The summed E-state index contributed by atoms with van der Waals surface area (Å²) in [7, 11) is 1.65. The fourth-order valence-electron chi connectivity index (χ4n) is 1.82. The van der Waals surface area contributed by atoms with Gasteiger partial charge in [0.1, 0.15) is 18.2 Å².